The van der Waals surface area contributed by atoms with Crippen LogP contribution in [0, 0.1) is 5.92 Å². The molecule has 1 fully saturated rings. The average Bonchev–Trinajstić information content (AvgIpc) is 2.71. The van der Waals surface area contributed by atoms with Gasteiger partial charge in [-0.15, -0.1) is 0 Å². The van der Waals surface area contributed by atoms with Gasteiger partial charge < -0.3 is 20.1 Å². The number of sulfonamides is 1. The minimum absolute atomic E-state index is 0.0383. The van der Waals surface area contributed by atoms with Gasteiger partial charge in [0.15, 0.2) is 0 Å². The Kier molecular flexibility index (Phi) is 9.47. The van der Waals surface area contributed by atoms with E-state index >= 15 is 0 Å². The first-order valence-corrected chi connectivity index (χ1v) is 12.6. The Hall–Kier alpha value is -2.17. The summed E-state index contributed by atoms with van der Waals surface area (Å²) < 4.78 is 37.6. The molecule has 180 valence electrons. The van der Waals surface area contributed by atoms with E-state index in [1.54, 1.807) is 24.3 Å². The molecule has 10 heteroatoms. The van der Waals surface area contributed by atoms with Crippen molar-refractivity contribution in [1.29, 1.82) is 0 Å². The maximum atomic E-state index is 12.7. The van der Waals surface area contributed by atoms with Gasteiger partial charge in [-0.2, -0.15) is 4.31 Å². The molecule has 1 heterocycles. The van der Waals surface area contributed by atoms with E-state index in [1.807, 2.05) is 34.6 Å². The average molecular weight is 470 g/mol. The first-order chi connectivity index (χ1) is 15.0. The molecule has 1 aromatic carbocycles. The van der Waals surface area contributed by atoms with Crippen LogP contribution in [0.25, 0.3) is 0 Å². The molecule has 1 aliphatic rings. The monoisotopic (exact) mass is 469 g/mol. The second-order valence-electron chi connectivity index (χ2n) is 8.33. The van der Waals surface area contributed by atoms with Crippen molar-refractivity contribution in [2.24, 2.45) is 5.92 Å². The van der Waals surface area contributed by atoms with Gasteiger partial charge in [-0.25, -0.2) is 8.42 Å². The zero-order chi connectivity index (χ0) is 23.9. The molecule has 1 aromatic rings. The van der Waals surface area contributed by atoms with Crippen LogP contribution in [0.15, 0.2) is 24.3 Å². The van der Waals surface area contributed by atoms with Crippen molar-refractivity contribution in [1.82, 2.24) is 14.9 Å². The van der Waals surface area contributed by atoms with Gasteiger partial charge in [0.05, 0.1) is 24.6 Å². The molecule has 2 amide bonds. The molecule has 1 saturated heterocycles. The highest BCUT2D eigenvalue weighted by Gasteiger charge is 2.31. The Morgan fingerprint density at radius 2 is 1.75 bits per heavy atom. The van der Waals surface area contributed by atoms with Gasteiger partial charge in [0.1, 0.15) is 11.8 Å². The summed E-state index contributed by atoms with van der Waals surface area (Å²) in [6, 6.07) is 5.86. The molecule has 9 nitrogen and oxygen atoms in total. The number of nitrogens with one attached hydrogen (secondary N) is 2. The molecule has 0 spiro atoms. The first-order valence-electron chi connectivity index (χ1n) is 11.0. The summed E-state index contributed by atoms with van der Waals surface area (Å²) in [7, 11) is -3.53. The minimum Gasteiger partial charge on any atom is -0.494 e. The zero-order valence-electron chi connectivity index (χ0n) is 19.5. The SMILES string of the molecule is CCOc1ccc(C(=O)NC(C(=O)NCCS(=O)(=O)N2CC(C)OC(C)C2)C(C)C)cc1. The predicted molar refractivity (Wildman–Crippen MR) is 122 cm³/mol. The fourth-order valence-corrected chi connectivity index (χ4v) is 5.02. The van der Waals surface area contributed by atoms with E-state index in [0.29, 0.717) is 31.0 Å². The summed E-state index contributed by atoms with van der Waals surface area (Å²) in [6.45, 7) is 10.3. The van der Waals surface area contributed by atoms with E-state index in [9.17, 15) is 18.0 Å². The molecule has 0 aromatic heterocycles. The van der Waals surface area contributed by atoms with E-state index in [0.717, 1.165) is 0 Å². The van der Waals surface area contributed by atoms with Crippen molar-refractivity contribution < 1.29 is 27.5 Å². The van der Waals surface area contributed by atoms with E-state index in [4.69, 9.17) is 9.47 Å². The van der Waals surface area contributed by atoms with Crippen molar-refractivity contribution in [3.8, 4) is 5.75 Å². The maximum Gasteiger partial charge on any atom is 0.251 e. The van der Waals surface area contributed by atoms with Crippen molar-refractivity contribution in [3.05, 3.63) is 29.8 Å². The largest absolute Gasteiger partial charge is 0.494 e. The lowest BCUT2D eigenvalue weighted by Crippen LogP contribution is -2.52. The van der Waals surface area contributed by atoms with Crippen molar-refractivity contribution in [3.63, 3.8) is 0 Å². The van der Waals surface area contributed by atoms with Gasteiger partial charge in [0.25, 0.3) is 5.91 Å². The standard InChI is InChI=1S/C22H35N3O6S/c1-6-30-19-9-7-18(8-10-19)21(26)24-20(15(2)3)22(27)23-11-12-32(28,29)25-13-16(4)31-17(5)14-25/h7-10,15-17,20H,6,11-14H2,1-5H3,(H,23,27)(H,24,26). The van der Waals surface area contributed by atoms with Gasteiger partial charge in [-0.05, 0) is 51.0 Å². The van der Waals surface area contributed by atoms with Crippen molar-refractivity contribution >= 4 is 21.8 Å². The predicted octanol–water partition coefficient (Wildman–Crippen LogP) is 1.39. The number of ether oxygens (including phenoxy) is 2. The fourth-order valence-electron chi connectivity index (χ4n) is 3.53. The van der Waals surface area contributed by atoms with Gasteiger partial charge in [0.2, 0.25) is 15.9 Å². The fraction of sp³-hybridized carbons (Fsp3) is 0.636. The minimum atomic E-state index is -3.53. The van der Waals surface area contributed by atoms with E-state index in [2.05, 4.69) is 10.6 Å². The molecular formula is C22H35N3O6S. The number of carbonyl (C=O) groups is 2. The van der Waals surface area contributed by atoms with Gasteiger partial charge >= 0.3 is 0 Å². The molecule has 0 bridgehead atoms. The molecule has 2 N–H and O–H groups in total. The zero-order valence-corrected chi connectivity index (χ0v) is 20.3. The van der Waals surface area contributed by atoms with Crippen LogP contribution >= 0.6 is 0 Å². The second kappa shape index (κ2) is 11.6. The van der Waals surface area contributed by atoms with Crippen molar-refractivity contribution in [2.75, 3.05) is 32.0 Å². The topological polar surface area (TPSA) is 114 Å². The number of benzene rings is 1. The summed E-state index contributed by atoms with van der Waals surface area (Å²) in [6.07, 6.45) is -0.350. The van der Waals surface area contributed by atoms with E-state index < -0.39 is 22.0 Å². The van der Waals surface area contributed by atoms with Crippen LogP contribution in [-0.4, -0.2) is 74.8 Å². The summed E-state index contributed by atoms with van der Waals surface area (Å²) in [4.78, 5) is 25.3. The molecule has 2 rings (SSSR count). The summed E-state index contributed by atoms with van der Waals surface area (Å²) >= 11 is 0. The van der Waals surface area contributed by atoms with Crippen LogP contribution in [0.5, 0.6) is 5.75 Å². The lowest BCUT2D eigenvalue weighted by Gasteiger charge is -2.34. The van der Waals surface area contributed by atoms with Gasteiger partial charge in [0, 0.05) is 25.2 Å². The number of hydrogen-bond donors (Lipinski definition) is 2. The number of amides is 2. The summed E-state index contributed by atoms with van der Waals surface area (Å²) in [5.74, 6) is -0.536. The highest BCUT2D eigenvalue weighted by atomic mass is 32.2. The second-order valence-corrected chi connectivity index (χ2v) is 10.4. The Balaban J connectivity index is 1.91. The summed E-state index contributed by atoms with van der Waals surface area (Å²) in [5, 5.41) is 5.39. The molecule has 0 radical (unpaired) electrons. The maximum absolute atomic E-state index is 12.7. The Morgan fingerprint density at radius 3 is 2.28 bits per heavy atom. The van der Waals surface area contributed by atoms with Crippen molar-refractivity contribution in [2.45, 2.75) is 52.9 Å². The normalized spacial score (nSPS) is 20.6. The van der Waals surface area contributed by atoms with Crippen LogP contribution in [0.3, 0.4) is 0 Å². The quantitative estimate of drug-likeness (QED) is 0.535. The molecule has 3 atom stereocenters. The third kappa shape index (κ3) is 7.46. The third-order valence-corrected chi connectivity index (χ3v) is 6.91. The number of nitrogens with zero attached hydrogens (tertiary/aromatic N) is 1. The van der Waals surface area contributed by atoms with Gasteiger partial charge in [-0.1, -0.05) is 13.8 Å². The van der Waals surface area contributed by atoms with E-state index in [-0.39, 0.29) is 36.3 Å². The number of morpholine rings is 1. The lowest BCUT2D eigenvalue weighted by molar-refractivity contribution is -0.123. The summed E-state index contributed by atoms with van der Waals surface area (Å²) in [5.41, 5.74) is 0.407. The molecule has 32 heavy (non-hydrogen) atoms. The Labute approximate surface area is 190 Å². The molecule has 0 aliphatic carbocycles. The Morgan fingerprint density at radius 1 is 1.16 bits per heavy atom. The van der Waals surface area contributed by atoms with Crippen LogP contribution in [0.4, 0.5) is 0 Å². The molecule has 3 unspecified atom stereocenters. The van der Waals surface area contributed by atoms with Crippen LogP contribution in [0.2, 0.25) is 0 Å². The number of hydrogen-bond acceptors (Lipinski definition) is 6. The first kappa shape index (κ1) is 26.1. The Bertz CT molecular complexity index is 862. The van der Waals surface area contributed by atoms with Crippen LogP contribution in [0.1, 0.15) is 45.0 Å². The smallest absolute Gasteiger partial charge is 0.251 e. The molecule has 1 aliphatic heterocycles. The van der Waals surface area contributed by atoms with E-state index in [1.165, 1.54) is 4.31 Å². The highest BCUT2D eigenvalue weighted by molar-refractivity contribution is 7.89. The third-order valence-electron chi connectivity index (χ3n) is 5.10. The number of carbonyl (C=O) groups excluding carboxylic acids is 2. The van der Waals surface area contributed by atoms with Gasteiger partial charge in [-0.3, -0.25) is 9.59 Å². The molecular weight excluding hydrogens is 434 g/mol. The lowest BCUT2D eigenvalue weighted by atomic mass is 10.0. The highest BCUT2D eigenvalue weighted by Crippen LogP contribution is 2.15. The van der Waals surface area contributed by atoms with Crippen LogP contribution < -0.4 is 15.4 Å². The number of rotatable bonds is 10. The molecule has 0 saturated carbocycles. The van der Waals surface area contributed by atoms with Crippen LogP contribution in [-0.2, 0) is 19.6 Å².